The van der Waals surface area contributed by atoms with Crippen molar-refractivity contribution in [3.63, 3.8) is 0 Å². The highest BCUT2D eigenvalue weighted by Gasteiger charge is 2.31. The Morgan fingerprint density at radius 2 is 1.78 bits per heavy atom. The van der Waals surface area contributed by atoms with Crippen molar-refractivity contribution in [1.29, 1.82) is 0 Å². The fourth-order valence-electron chi connectivity index (χ4n) is 3.11. The predicted octanol–water partition coefficient (Wildman–Crippen LogP) is 5.10. The Bertz CT molecular complexity index is 1350. The average molecular weight is 540 g/mol. The molecule has 0 unspecified atom stereocenters. The molecule has 0 radical (unpaired) electrons. The van der Waals surface area contributed by atoms with Crippen LogP contribution in [0.25, 0.3) is 0 Å². The van der Waals surface area contributed by atoms with Gasteiger partial charge in [-0.05, 0) is 61.0 Å². The largest absolute Gasteiger partial charge is 0.492 e. The first-order valence-corrected chi connectivity index (χ1v) is 12.3. The maximum absolute atomic E-state index is 13.5. The number of anilines is 1. The van der Waals surface area contributed by atoms with Crippen LogP contribution in [0.4, 0.5) is 18.9 Å². The van der Waals surface area contributed by atoms with Gasteiger partial charge in [0.2, 0.25) is 0 Å². The van der Waals surface area contributed by atoms with E-state index in [2.05, 4.69) is 10.5 Å². The van der Waals surface area contributed by atoms with Crippen LogP contribution in [0.15, 0.2) is 82.8 Å². The molecule has 0 heterocycles. The Morgan fingerprint density at radius 1 is 1.08 bits per heavy atom. The molecule has 0 saturated carbocycles. The van der Waals surface area contributed by atoms with Gasteiger partial charge in [0.1, 0.15) is 12.3 Å². The molecule has 3 aromatic rings. The third kappa shape index (κ3) is 6.76. The molecular formula is C24H21ClF3N3O4S. The number of alkyl halides is 3. The molecule has 0 bridgehead atoms. The molecule has 0 atom stereocenters. The fourth-order valence-corrected chi connectivity index (χ4v) is 4.67. The second kappa shape index (κ2) is 11.4. The van der Waals surface area contributed by atoms with E-state index in [4.69, 9.17) is 16.3 Å². The summed E-state index contributed by atoms with van der Waals surface area (Å²) in [6, 6.07) is 16.1. The molecular weight excluding hydrogens is 519 g/mol. The lowest BCUT2D eigenvalue weighted by Gasteiger charge is -2.25. The molecule has 36 heavy (non-hydrogen) atoms. The van der Waals surface area contributed by atoms with Crippen LogP contribution in [-0.4, -0.2) is 33.7 Å². The third-order valence-corrected chi connectivity index (χ3v) is 6.77. The van der Waals surface area contributed by atoms with Crippen molar-refractivity contribution in [2.45, 2.75) is 18.0 Å². The number of nitrogens with zero attached hydrogens (tertiary/aromatic N) is 2. The number of benzene rings is 3. The van der Waals surface area contributed by atoms with E-state index in [-0.39, 0.29) is 28.5 Å². The molecule has 0 saturated heterocycles. The summed E-state index contributed by atoms with van der Waals surface area (Å²) < 4.78 is 72.0. The summed E-state index contributed by atoms with van der Waals surface area (Å²) in [5, 5.41) is 4.00. The number of halogens is 4. The number of hydrogen-bond donors (Lipinski definition) is 1. The van der Waals surface area contributed by atoms with Crippen LogP contribution in [0, 0.1) is 0 Å². The van der Waals surface area contributed by atoms with Gasteiger partial charge in [-0.3, -0.25) is 9.10 Å². The monoisotopic (exact) mass is 539 g/mol. The van der Waals surface area contributed by atoms with Gasteiger partial charge in [0.05, 0.1) is 29.0 Å². The summed E-state index contributed by atoms with van der Waals surface area (Å²) in [7, 11) is -4.25. The number of sulfonamides is 1. The Balaban J connectivity index is 1.88. The summed E-state index contributed by atoms with van der Waals surface area (Å²) in [5.74, 6) is -0.597. The van der Waals surface area contributed by atoms with Crippen LogP contribution < -0.4 is 14.5 Å². The minimum absolute atomic E-state index is 0.0949. The number of para-hydroxylation sites is 2. The molecule has 12 heteroatoms. The van der Waals surface area contributed by atoms with Gasteiger partial charge in [-0.15, -0.1) is 0 Å². The molecule has 0 spiro atoms. The topological polar surface area (TPSA) is 88.1 Å². The number of rotatable bonds is 9. The van der Waals surface area contributed by atoms with Crippen LogP contribution in [0.3, 0.4) is 0 Å². The van der Waals surface area contributed by atoms with Crippen molar-refractivity contribution in [1.82, 2.24) is 5.43 Å². The van der Waals surface area contributed by atoms with Crippen molar-refractivity contribution in [2.75, 3.05) is 17.5 Å². The standard InChI is InChI=1S/C24H21ClF3N3O4S/c1-2-35-22-9-4-3-8-21(22)31(36(33,34)20-12-10-19(25)11-13-20)16-23(32)30-29-15-17-6-5-7-18(14-17)24(26,27)28/h3-15H,2,16H2,1H3,(H,30,32)/b29-15-. The first-order chi connectivity index (χ1) is 17.0. The van der Waals surface area contributed by atoms with Crippen molar-refractivity contribution in [3.05, 3.63) is 88.9 Å². The van der Waals surface area contributed by atoms with E-state index in [1.165, 1.54) is 42.5 Å². The van der Waals surface area contributed by atoms with E-state index in [0.717, 1.165) is 22.7 Å². The minimum atomic E-state index is -4.53. The Labute approximate surface area is 211 Å². The zero-order valence-corrected chi connectivity index (χ0v) is 20.4. The molecule has 1 N–H and O–H groups in total. The van der Waals surface area contributed by atoms with Crippen molar-refractivity contribution >= 4 is 39.4 Å². The van der Waals surface area contributed by atoms with Crippen LogP contribution in [0.5, 0.6) is 5.75 Å². The maximum atomic E-state index is 13.5. The number of amides is 1. The molecule has 0 aliphatic rings. The second-order valence-corrected chi connectivity index (χ2v) is 9.58. The summed E-state index contributed by atoms with van der Waals surface area (Å²) in [6.45, 7) is 1.29. The SMILES string of the molecule is CCOc1ccccc1N(CC(=O)N/N=C\c1cccc(C(F)(F)F)c1)S(=O)(=O)c1ccc(Cl)cc1. The van der Waals surface area contributed by atoms with Gasteiger partial charge >= 0.3 is 6.18 Å². The van der Waals surface area contributed by atoms with Crippen LogP contribution in [-0.2, 0) is 21.0 Å². The summed E-state index contributed by atoms with van der Waals surface area (Å²) in [5.41, 5.74) is 1.50. The number of carbonyl (C=O) groups excluding carboxylic acids is 1. The molecule has 7 nitrogen and oxygen atoms in total. The molecule has 0 aromatic heterocycles. The normalized spacial score (nSPS) is 11.9. The van der Waals surface area contributed by atoms with Crippen LogP contribution in [0.2, 0.25) is 5.02 Å². The summed E-state index contributed by atoms with van der Waals surface area (Å²) in [4.78, 5) is 12.6. The van der Waals surface area contributed by atoms with Crippen molar-refractivity contribution in [3.8, 4) is 5.75 Å². The lowest BCUT2D eigenvalue weighted by atomic mass is 10.1. The van der Waals surface area contributed by atoms with E-state index in [1.54, 1.807) is 25.1 Å². The van der Waals surface area contributed by atoms with Gasteiger partial charge in [0, 0.05) is 5.02 Å². The number of hydrazone groups is 1. The van der Waals surface area contributed by atoms with Crippen LogP contribution in [0.1, 0.15) is 18.1 Å². The molecule has 3 rings (SSSR count). The minimum Gasteiger partial charge on any atom is -0.492 e. The van der Waals surface area contributed by atoms with Gasteiger partial charge in [-0.2, -0.15) is 18.3 Å². The van der Waals surface area contributed by atoms with Crippen molar-refractivity contribution in [2.24, 2.45) is 5.10 Å². The fraction of sp³-hybridized carbons (Fsp3) is 0.167. The zero-order chi connectivity index (χ0) is 26.3. The molecule has 0 fully saturated rings. The number of nitrogens with one attached hydrogen (secondary N) is 1. The highest BCUT2D eigenvalue weighted by molar-refractivity contribution is 7.92. The highest BCUT2D eigenvalue weighted by atomic mass is 35.5. The zero-order valence-electron chi connectivity index (χ0n) is 18.9. The number of carbonyl (C=O) groups is 1. The Hall–Kier alpha value is -3.57. The third-order valence-electron chi connectivity index (χ3n) is 4.74. The maximum Gasteiger partial charge on any atom is 0.416 e. The Morgan fingerprint density at radius 3 is 2.44 bits per heavy atom. The highest BCUT2D eigenvalue weighted by Crippen LogP contribution is 2.33. The second-order valence-electron chi connectivity index (χ2n) is 7.28. The number of ether oxygens (including phenoxy) is 1. The van der Waals surface area contributed by atoms with E-state index in [0.29, 0.717) is 5.02 Å². The van der Waals surface area contributed by atoms with Gasteiger partial charge in [-0.25, -0.2) is 13.8 Å². The van der Waals surface area contributed by atoms with Gasteiger partial charge < -0.3 is 4.74 Å². The van der Waals surface area contributed by atoms with Gasteiger partial charge in [0.15, 0.2) is 0 Å². The quantitative estimate of drug-likeness (QED) is 0.302. The lowest BCUT2D eigenvalue weighted by molar-refractivity contribution is -0.137. The van der Waals surface area contributed by atoms with Gasteiger partial charge in [0.25, 0.3) is 15.9 Å². The first kappa shape index (κ1) is 27.0. The average Bonchev–Trinajstić information content (AvgIpc) is 2.83. The number of hydrogen-bond acceptors (Lipinski definition) is 5. The van der Waals surface area contributed by atoms with Crippen molar-refractivity contribution < 1.29 is 31.1 Å². The predicted molar refractivity (Wildman–Crippen MR) is 131 cm³/mol. The summed E-state index contributed by atoms with van der Waals surface area (Å²) >= 11 is 5.88. The molecule has 0 aliphatic carbocycles. The van der Waals surface area contributed by atoms with Gasteiger partial charge in [-0.1, -0.05) is 35.9 Å². The Kier molecular flexibility index (Phi) is 8.59. The smallest absolute Gasteiger partial charge is 0.416 e. The van der Waals surface area contributed by atoms with E-state index < -0.39 is 34.2 Å². The first-order valence-electron chi connectivity index (χ1n) is 10.5. The lowest BCUT2D eigenvalue weighted by Crippen LogP contribution is -2.39. The molecule has 1 amide bonds. The molecule has 3 aromatic carbocycles. The van der Waals surface area contributed by atoms with E-state index in [1.807, 2.05) is 0 Å². The van der Waals surface area contributed by atoms with E-state index >= 15 is 0 Å². The van der Waals surface area contributed by atoms with Crippen LogP contribution >= 0.6 is 11.6 Å². The molecule has 190 valence electrons. The molecule has 0 aliphatic heterocycles. The summed E-state index contributed by atoms with van der Waals surface area (Å²) in [6.07, 6.45) is -3.50. The van der Waals surface area contributed by atoms with E-state index in [9.17, 15) is 26.4 Å².